The second-order valence-electron chi connectivity index (χ2n) is 4.72. The smallest absolute Gasteiger partial charge is 0.0794 e. The van der Waals surface area contributed by atoms with E-state index in [1.807, 2.05) is 11.7 Å². The van der Waals surface area contributed by atoms with Gasteiger partial charge in [-0.15, -0.1) is 11.3 Å². The predicted octanol–water partition coefficient (Wildman–Crippen LogP) is 3.97. The Morgan fingerprint density at radius 1 is 1.17 bits per heavy atom. The maximum atomic E-state index is 4.18. The van der Waals surface area contributed by atoms with Crippen molar-refractivity contribution in [2.75, 3.05) is 6.54 Å². The molecule has 1 atom stereocenters. The number of aromatic nitrogens is 1. The van der Waals surface area contributed by atoms with Crippen LogP contribution in [-0.4, -0.2) is 11.5 Å². The van der Waals surface area contributed by atoms with Crippen molar-refractivity contribution in [2.24, 2.45) is 0 Å². The number of nitrogens with zero attached hydrogens (tertiary/aromatic N) is 1. The van der Waals surface area contributed by atoms with Gasteiger partial charge in [-0.1, -0.05) is 45.0 Å². The van der Waals surface area contributed by atoms with E-state index in [1.54, 1.807) is 11.3 Å². The summed E-state index contributed by atoms with van der Waals surface area (Å²) in [4.78, 5) is 5.45. The first-order chi connectivity index (χ1) is 8.72. The lowest BCUT2D eigenvalue weighted by atomic mass is 9.98. The molecule has 96 valence electrons. The molecule has 0 aliphatic rings. The van der Waals surface area contributed by atoms with Gasteiger partial charge >= 0.3 is 0 Å². The normalized spacial score (nSPS) is 12.9. The minimum absolute atomic E-state index is 0.267. The van der Waals surface area contributed by atoms with E-state index in [9.17, 15) is 0 Å². The first-order valence-corrected chi connectivity index (χ1v) is 7.32. The van der Waals surface area contributed by atoms with Crippen LogP contribution in [0.4, 0.5) is 0 Å². The first-order valence-electron chi connectivity index (χ1n) is 6.44. The highest BCUT2D eigenvalue weighted by Gasteiger charge is 2.14. The second-order valence-corrected chi connectivity index (χ2v) is 5.63. The van der Waals surface area contributed by atoms with Crippen LogP contribution in [0.5, 0.6) is 0 Å². The number of hydrogen-bond donors (Lipinski definition) is 1. The highest BCUT2D eigenvalue weighted by molar-refractivity contribution is 7.09. The topological polar surface area (TPSA) is 24.9 Å². The van der Waals surface area contributed by atoms with Gasteiger partial charge in [0.05, 0.1) is 11.6 Å². The first kappa shape index (κ1) is 13.2. The standard InChI is InChI=1S/C15H20N2S/c1-4-17-15(14-9-16-10-18-14)13-7-5-12(6-8-13)11(2)3/h5-11,15,17H,4H2,1-3H3. The van der Waals surface area contributed by atoms with E-state index in [0.717, 1.165) is 6.54 Å². The zero-order valence-electron chi connectivity index (χ0n) is 11.2. The van der Waals surface area contributed by atoms with Gasteiger partial charge in [-0.2, -0.15) is 0 Å². The zero-order chi connectivity index (χ0) is 13.0. The molecule has 3 heteroatoms. The summed E-state index contributed by atoms with van der Waals surface area (Å²) in [5.74, 6) is 0.583. The fourth-order valence-corrected chi connectivity index (χ4v) is 2.75. The molecule has 1 unspecified atom stereocenters. The van der Waals surface area contributed by atoms with E-state index in [0.29, 0.717) is 5.92 Å². The molecule has 1 N–H and O–H groups in total. The molecule has 1 aromatic heterocycles. The van der Waals surface area contributed by atoms with Crippen molar-refractivity contribution < 1.29 is 0 Å². The van der Waals surface area contributed by atoms with Gasteiger partial charge in [-0.3, -0.25) is 4.98 Å². The van der Waals surface area contributed by atoms with Crippen LogP contribution in [0.25, 0.3) is 0 Å². The Balaban J connectivity index is 2.26. The third-order valence-corrected chi connectivity index (χ3v) is 3.92. The van der Waals surface area contributed by atoms with E-state index in [1.165, 1.54) is 16.0 Å². The third kappa shape index (κ3) is 2.98. The van der Waals surface area contributed by atoms with E-state index >= 15 is 0 Å². The minimum Gasteiger partial charge on any atom is -0.306 e. The quantitative estimate of drug-likeness (QED) is 0.880. The molecule has 1 aromatic carbocycles. The Hall–Kier alpha value is -1.19. The second kappa shape index (κ2) is 6.12. The van der Waals surface area contributed by atoms with Crippen molar-refractivity contribution in [3.8, 4) is 0 Å². The summed E-state index contributed by atoms with van der Waals surface area (Å²) in [6.45, 7) is 7.53. The lowest BCUT2D eigenvalue weighted by molar-refractivity contribution is 0.638. The molecule has 0 spiro atoms. The SMILES string of the molecule is CCNC(c1ccc(C(C)C)cc1)c1cncs1. The molecule has 2 aromatic rings. The summed E-state index contributed by atoms with van der Waals surface area (Å²) in [5, 5.41) is 3.52. The number of rotatable bonds is 5. The Morgan fingerprint density at radius 3 is 2.33 bits per heavy atom. The molecule has 0 fully saturated rings. The minimum atomic E-state index is 0.267. The molecule has 18 heavy (non-hydrogen) atoms. The van der Waals surface area contributed by atoms with Gasteiger partial charge in [0.15, 0.2) is 0 Å². The van der Waals surface area contributed by atoms with E-state index in [-0.39, 0.29) is 6.04 Å². The molecular weight excluding hydrogens is 240 g/mol. The van der Waals surface area contributed by atoms with Crippen LogP contribution in [0.1, 0.15) is 48.7 Å². The summed E-state index contributed by atoms with van der Waals surface area (Å²) < 4.78 is 0. The summed E-state index contributed by atoms with van der Waals surface area (Å²) in [6, 6.07) is 9.17. The third-order valence-electron chi connectivity index (χ3n) is 3.08. The summed E-state index contributed by atoms with van der Waals surface area (Å²) in [7, 11) is 0. The van der Waals surface area contributed by atoms with Crippen LogP contribution in [0.2, 0.25) is 0 Å². The molecule has 1 heterocycles. The average molecular weight is 260 g/mol. The van der Waals surface area contributed by atoms with Gasteiger partial charge in [-0.25, -0.2) is 0 Å². The molecule has 0 aliphatic carbocycles. The maximum absolute atomic E-state index is 4.18. The number of benzene rings is 1. The monoisotopic (exact) mass is 260 g/mol. The fourth-order valence-electron chi connectivity index (χ4n) is 2.03. The molecule has 0 amide bonds. The van der Waals surface area contributed by atoms with Crippen LogP contribution >= 0.6 is 11.3 Å². The number of hydrogen-bond acceptors (Lipinski definition) is 3. The van der Waals surface area contributed by atoms with Crippen molar-refractivity contribution in [3.05, 3.63) is 52.0 Å². The molecule has 0 bridgehead atoms. The molecule has 0 aliphatic heterocycles. The van der Waals surface area contributed by atoms with Crippen LogP contribution in [0, 0.1) is 0 Å². The van der Waals surface area contributed by atoms with Crippen molar-refractivity contribution in [3.63, 3.8) is 0 Å². The Morgan fingerprint density at radius 2 is 1.83 bits per heavy atom. The lowest BCUT2D eigenvalue weighted by Crippen LogP contribution is -2.21. The van der Waals surface area contributed by atoms with E-state index < -0.39 is 0 Å². The van der Waals surface area contributed by atoms with E-state index in [2.05, 4.69) is 55.3 Å². The van der Waals surface area contributed by atoms with Gasteiger partial charge in [0, 0.05) is 11.1 Å². The van der Waals surface area contributed by atoms with Gasteiger partial charge in [0.2, 0.25) is 0 Å². The zero-order valence-corrected chi connectivity index (χ0v) is 12.0. The summed E-state index contributed by atoms with van der Waals surface area (Å²) >= 11 is 1.70. The van der Waals surface area contributed by atoms with Crippen molar-refractivity contribution >= 4 is 11.3 Å². The van der Waals surface area contributed by atoms with E-state index in [4.69, 9.17) is 0 Å². The number of nitrogens with one attached hydrogen (secondary N) is 1. The number of thiazole rings is 1. The van der Waals surface area contributed by atoms with Gasteiger partial charge in [-0.05, 0) is 23.6 Å². The van der Waals surface area contributed by atoms with Crippen LogP contribution in [0.3, 0.4) is 0 Å². The van der Waals surface area contributed by atoms with Gasteiger partial charge in [0.1, 0.15) is 0 Å². The lowest BCUT2D eigenvalue weighted by Gasteiger charge is -2.17. The molecule has 0 radical (unpaired) electrons. The van der Waals surface area contributed by atoms with Crippen LogP contribution in [-0.2, 0) is 0 Å². The highest BCUT2D eigenvalue weighted by atomic mass is 32.1. The summed E-state index contributed by atoms with van der Waals surface area (Å²) in [5.41, 5.74) is 4.59. The Labute approximate surface area is 113 Å². The largest absolute Gasteiger partial charge is 0.306 e. The Kier molecular flexibility index (Phi) is 4.50. The summed E-state index contributed by atoms with van der Waals surface area (Å²) in [6.07, 6.45) is 1.95. The van der Waals surface area contributed by atoms with Crippen LogP contribution < -0.4 is 5.32 Å². The van der Waals surface area contributed by atoms with Crippen LogP contribution in [0.15, 0.2) is 36.0 Å². The molecule has 0 saturated carbocycles. The maximum Gasteiger partial charge on any atom is 0.0794 e. The Bertz CT molecular complexity index is 460. The molecular formula is C15H20N2S. The predicted molar refractivity (Wildman–Crippen MR) is 78.2 cm³/mol. The molecule has 0 saturated heterocycles. The van der Waals surface area contributed by atoms with Gasteiger partial charge < -0.3 is 5.32 Å². The van der Waals surface area contributed by atoms with Gasteiger partial charge in [0.25, 0.3) is 0 Å². The van der Waals surface area contributed by atoms with Crippen molar-refractivity contribution in [2.45, 2.75) is 32.7 Å². The van der Waals surface area contributed by atoms with Crippen molar-refractivity contribution in [1.82, 2.24) is 10.3 Å². The fraction of sp³-hybridized carbons (Fsp3) is 0.400. The van der Waals surface area contributed by atoms with Crippen molar-refractivity contribution in [1.29, 1.82) is 0 Å². The average Bonchev–Trinajstić information content (AvgIpc) is 2.90. The highest BCUT2D eigenvalue weighted by Crippen LogP contribution is 2.26. The molecule has 2 nitrogen and oxygen atoms in total. The molecule has 2 rings (SSSR count).